The molecule has 1 nitrogen and oxygen atoms in total. The van der Waals surface area contributed by atoms with Crippen LogP contribution in [-0.2, 0) is 0 Å². The van der Waals surface area contributed by atoms with Gasteiger partial charge in [-0.25, -0.2) is 0 Å². The van der Waals surface area contributed by atoms with Gasteiger partial charge in [-0.3, -0.25) is 0 Å². The molecule has 1 N–H and O–H groups in total. The lowest BCUT2D eigenvalue weighted by Crippen LogP contribution is -2.13. The van der Waals surface area contributed by atoms with E-state index in [2.05, 4.69) is 12.4 Å². The highest BCUT2D eigenvalue weighted by Gasteiger charge is 2.53. The van der Waals surface area contributed by atoms with Crippen molar-refractivity contribution in [2.45, 2.75) is 32.1 Å². The van der Waals surface area contributed by atoms with Crippen LogP contribution in [-0.4, -0.2) is 13.6 Å². The maximum absolute atomic E-state index is 3.28. The standard InChI is InChI=1S/C9H17N/c1-10-7-8-6-9(8)4-2-3-5-9/h8,10H,2-7H2,1H3. The molecule has 0 saturated heterocycles. The van der Waals surface area contributed by atoms with Crippen molar-refractivity contribution in [3.8, 4) is 0 Å². The molecule has 2 aliphatic rings. The predicted octanol–water partition coefficient (Wildman–Crippen LogP) is 1.79. The van der Waals surface area contributed by atoms with Gasteiger partial charge >= 0.3 is 0 Å². The summed E-state index contributed by atoms with van der Waals surface area (Å²) in [7, 11) is 2.07. The third kappa shape index (κ3) is 0.878. The number of rotatable bonds is 2. The monoisotopic (exact) mass is 139 g/mol. The third-order valence-corrected chi connectivity index (χ3v) is 3.41. The van der Waals surface area contributed by atoms with E-state index in [1.54, 1.807) is 0 Å². The van der Waals surface area contributed by atoms with E-state index in [1.807, 2.05) is 0 Å². The Morgan fingerprint density at radius 1 is 1.40 bits per heavy atom. The van der Waals surface area contributed by atoms with Gasteiger partial charge in [0.2, 0.25) is 0 Å². The van der Waals surface area contributed by atoms with Crippen LogP contribution in [0.1, 0.15) is 32.1 Å². The van der Waals surface area contributed by atoms with E-state index in [-0.39, 0.29) is 0 Å². The molecule has 2 rings (SSSR count). The summed E-state index contributed by atoms with van der Waals surface area (Å²) in [5, 5.41) is 3.28. The van der Waals surface area contributed by atoms with Crippen molar-refractivity contribution in [1.82, 2.24) is 5.32 Å². The molecule has 0 aromatic carbocycles. The second-order valence-corrected chi connectivity index (χ2v) is 4.03. The Morgan fingerprint density at radius 3 is 2.70 bits per heavy atom. The number of nitrogens with one attached hydrogen (secondary N) is 1. The van der Waals surface area contributed by atoms with E-state index < -0.39 is 0 Å². The normalized spacial score (nSPS) is 35.1. The third-order valence-electron chi connectivity index (χ3n) is 3.41. The molecule has 58 valence electrons. The Balaban J connectivity index is 1.86. The lowest BCUT2D eigenvalue weighted by atomic mass is 10.0. The second-order valence-electron chi connectivity index (χ2n) is 4.03. The maximum atomic E-state index is 3.28. The molecule has 0 aliphatic heterocycles. The molecule has 2 saturated carbocycles. The summed E-state index contributed by atoms with van der Waals surface area (Å²) in [6.07, 6.45) is 7.58. The first-order valence-electron chi connectivity index (χ1n) is 4.52. The molecule has 2 aliphatic carbocycles. The fourth-order valence-corrected chi connectivity index (χ4v) is 2.66. The maximum Gasteiger partial charge on any atom is -0.00180 e. The van der Waals surface area contributed by atoms with Gasteiger partial charge in [0, 0.05) is 0 Å². The van der Waals surface area contributed by atoms with E-state index in [4.69, 9.17) is 0 Å². The van der Waals surface area contributed by atoms with E-state index in [0.29, 0.717) is 0 Å². The Hall–Kier alpha value is -0.0400. The van der Waals surface area contributed by atoms with Crippen molar-refractivity contribution in [3.63, 3.8) is 0 Å². The van der Waals surface area contributed by atoms with Gasteiger partial charge in [0.1, 0.15) is 0 Å². The first-order valence-corrected chi connectivity index (χ1v) is 4.52. The smallest absolute Gasteiger partial charge is 0.00180 e. The van der Waals surface area contributed by atoms with E-state index >= 15 is 0 Å². The van der Waals surface area contributed by atoms with E-state index in [9.17, 15) is 0 Å². The molecule has 0 heterocycles. The highest BCUT2D eigenvalue weighted by atomic mass is 14.8. The Bertz CT molecular complexity index is 125. The van der Waals surface area contributed by atoms with E-state index in [1.165, 1.54) is 38.6 Å². The Labute approximate surface area is 63.2 Å². The van der Waals surface area contributed by atoms with Crippen molar-refractivity contribution < 1.29 is 0 Å². The van der Waals surface area contributed by atoms with Crippen molar-refractivity contribution >= 4 is 0 Å². The lowest BCUT2D eigenvalue weighted by Gasteiger charge is -2.06. The summed E-state index contributed by atoms with van der Waals surface area (Å²) in [6, 6.07) is 0. The molecule has 1 atom stereocenters. The molecule has 1 unspecified atom stereocenters. The Kier molecular flexibility index (Phi) is 1.48. The average Bonchev–Trinajstić information content (AvgIpc) is 2.43. The molecular formula is C9H17N. The van der Waals surface area contributed by atoms with Crippen molar-refractivity contribution in [2.24, 2.45) is 11.3 Å². The molecule has 1 spiro atoms. The van der Waals surface area contributed by atoms with Crippen LogP contribution < -0.4 is 5.32 Å². The van der Waals surface area contributed by atoms with Gasteiger partial charge in [0.25, 0.3) is 0 Å². The molecule has 10 heavy (non-hydrogen) atoms. The lowest BCUT2D eigenvalue weighted by molar-refractivity contribution is 0.461. The summed E-state index contributed by atoms with van der Waals surface area (Å²) in [6.45, 7) is 1.26. The molecule has 0 radical (unpaired) electrons. The highest BCUT2D eigenvalue weighted by Crippen LogP contribution is 2.62. The van der Waals surface area contributed by atoms with Crippen molar-refractivity contribution in [2.75, 3.05) is 13.6 Å². The van der Waals surface area contributed by atoms with Crippen molar-refractivity contribution in [3.05, 3.63) is 0 Å². The predicted molar refractivity (Wildman–Crippen MR) is 42.9 cm³/mol. The number of hydrogen-bond acceptors (Lipinski definition) is 1. The zero-order valence-electron chi connectivity index (χ0n) is 6.82. The minimum absolute atomic E-state index is 0.850. The molecule has 0 aromatic heterocycles. The SMILES string of the molecule is CNCC1CC12CCCC2. The first-order chi connectivity index (χ1) is 4.87. The largest absolute Gasteiger partial charge is 0.319 e. The molecule has 0 bridgehead atoms. The van der Waals surface area contributed by atoms with Crippen LogP contribution in [0.5, 0.6) is 0 Å². The highest BCUT2D eigenvalue weighted by molar-refractivity contribution is 5.05. The summed E-state index contributed by atoms with van der Waals surface area (Å²) in [4.78, 5) is 0. The fraction of sp³-hybridized carbons (Fsp3) is 1.00. The summed E-state index contributed by atoms with van der Waals surface area (Å²) >= 11 is 0. The fourth-order valence-electron chi connectivity index (χ4n) is 2.66. The van der Waals surface area contributed by atoms with Gasteiger partial charge in [-0.15, -0.1) is 0 Å². The van der Waals surface area contributed by atoms with Gasteiger partial charge in [-0.2, -0.15) is 0 Å². The summed E-state index contributed by atoms with van der Waals surface area (Å²) < 4.78 is 0. The molecule has 2 fully saturated rings. The van der Waals surface area contributed by atoms with Crippen LogP contribution in [0, 0.1) is 11.3 Å². The van der Waals surface area contributed by atoms with Crippen LogP contribution in [0.4, 0.5) is 0 Å². The zero-order chi connectivity index (χ0) is 7.03. The molecule has 1 heteroatoms. The zero-order valence-corrected chi connectivity index (χ0v) is 6.82. The van der Waals surface area contributed by atoms with Gasteiger partial charge in [0.15, 0.2) is 0 Å². The van der Waals surface area contributed by atoms with E-state index in [0.717, 1.165) is 11.3 Å². The van der Waals surface area contributed by atoms with Gasteiger partial charge in [-0.05, 0) is 44.2 Å². The van der Waals surface area contributed by atoms with Gasteiger partial charge in [0.05, 0.1) is 0 Å². The van der Waals surface area contributed by atoms with Crippen LogP contribution in [0.15, 0.2) is 0 Å². The average molecular weight is 139 g/mol. The minimum atomic E-state index is 0.850. The topological polar surface area (TPSA) is 12.0 Å². The van der Waals surface area contributed by atoms with Crippen molar-refractivity contribution in [1.29, 1.82) is 0 Å². The minimum Gasteiger partial charge on any atom is -0.319 e. The van der Waals surface area contributed by atoms with Crippen LogP contribution in [0.3, 0.4) is 0 Å². The molecule has 0 amide bonds. The molecule has 0 aromatic rings. The van der Waals surface area contributed by atoms with Crippen LogP contribution in [0.2, 0.25) is 0 Å². The second kappa shape index (κ2) is 2.23. The van der Waals surface area contributed by atoms with Gasteiger partial charge in [-0.1, -0.05) is 12.8 Å². The quantitative estimate of drug-likeness (QED) is 0.615. The van der Waals surface area contributed by atoms with Crippen LogP contribution in [0.25, 0.3) is 0 Å². The van der Waals surface area contributed by atoms with Gasteiger partial charge < -0.3 is 5.32 Å². The Morgan fingerprint density at radius 2 is 2.10 bits per heavy atom. The summed E-state index contributed by atoms with van der Waals surface area (Å²) in [5.41, 5.74) is 0.850. The summed E-state index contributed by atoms with van der Waals surface area (Å²) in [5.74, 6) is 1.04. The number of hydrogen-bond donors (Lipinski definition) is 1. The van der Waals surface area contributed by atoms with Crippen LogP contribution >= 0.6 is 0 Å². The molecular weight excluding hydrogens is 122 g/mol. The first kappa shape index (κ1) is 6.66.